The van der Waals surface area contributed by atoms with Gasteiger partial charge in [0.25, 0.3) is 0 Å². The van der Waals surface area contributed by atoms with E-state index in [0.29, 0.717) is 22.9 Å². The lowest BCUT2D eigenvalue weighted by atomic mass is 9.67. The van der Waals surface area contributed by atoms with E-state index >= 15 is 0 Å². The first-order valence-corrected chi connectivity index (χ1v) is 14.9. The predicted octanol–water partition coefficient (Wildman–Crippen LogP) is 6.35. The number of benzene rings is 2. The maximum absolute atomic E-state index is 14.3. The first kappa shape index (κ1) is 27.2. The van der Waals surface area contributed by atoms with Crippen molar-refractivity contribution < 1.29 is 13.2 Å². The molecule has 5 nitrogen and oxygen atoms in total. The Balaban J connectivity index is 1.87. The zero-order valence-corrected chi connectivity index (χ0v) is 23.1. The zero-order chi connectivity index (χ0) is 26.1. The molecule has 0 spiro atoms. The molecule has 2 aromatic rings. The Labute approximate surface area is 224 Å². The van der Waals surface area contributed by atoms with E-state index < -0.39 is 15.4 Å². The Bertz CT molecular complexity index is 1210. The Morgan fingerprint density at radius 1 is 1.14 bits per heavy atom. The molecule has 1 saturated heterocycles. The molecule has 1 saturated carbocycles. The first-order chi connectivity index (χ1) is 17.1. The van der Waals surface area contributed by atoms with Crippen molar-refractivity contribution >= 4 is 39.1 Å². The highest BCUT2D eigenvalue weighted by Crippen LogP contribution is 2.54. The SMILES string of the molecule is C=CC[C@@]1(C)C[C@H](c2cccc(Cl)c2)[C@@H](c2ccc(Cl)cc2)N([C@H](CNS(=O)(=O)CC)C2CC2)C1=O. The van der Waals surface area contributed by atoms with Crippen molar-refractivity contribution in [3.8, 4) is 0 Å². The van der Waals surface area contributed by atoms with Crippen molar-refractivity contribution in [3.63, 3.8) is 0 Å². The van der Waals surface area contributed by atoms with Gasteiger partial charge in [-0.3, -0.25) is 4.79 Å². The highest BCUT2D eigenvalue weighted by atomic mass is 35.5. The number of piperidine rings is 1. The Kier molecular flexibility index (Phi) is 8.20. The van der Waals surface area contributed by atoms with E-state index in [-0.39, 0.29) is 42.1 Å². The van der Waals surface area contributed by atoms with Crippen LogP contribution in [-0.2, 0) is 14.8 Å². The van der Waals surface area contributed by atoms with Crippen LogP contribution in [0.2, 0.25) is 10.0 Å². The molecule has 1 aliphatic heterocycles. The van der Waals surface area contributed by atoms with E-state index in [4.69, 9.17) is 23.2 Å². The summed E-state index contributed by atoms with van der Waals surface area (Å²) in [7, 11) is -3.41. The van der Waals surface area contributed by atoms with Gasteiger partial charge in [0.2, 0.25) is 15.9 Å². The minimum absolute atomic E-state index is 0.00172. The molecule has 0 bridgehead atoms. The van der Waals surface area contributed by atoms with Gasteiger partial charge in [-0.05, 0) is 73.9 Å². The van der Waals surface area contributed by atoms with Gasteiger partial charge in [0.1, 0.15) is 0 Å². The van der Waals surface area contributed by atoms with Crippen molar-refractivity contribution in [2.45, 2.75) is 57.5 Å². The van der Waals surface area contributed by atoms with E-state index in [9.17, 15) is 13.2 Å². The van der Waals surface area contributed by atoms with Gasteiger partial charge in [0.15, 0.2) is 0 Å². The number of nitrogens with one attached hydrogen (secondary N) is 1. The maximum atomic E-state index is 14.3. The van der Waals surface area contributed by atoms with Crippen LogP contribution < -0.4 is 4.72 Å². The Morgan fingerprint density at radius 2 is 1.83 bits per heavy atom. The fraction of sp³-hybridized carbons (Fsp3) is 0.464. The van der Waals surface area contributed by atoms with Gasteiger partial charge >= 0.3 is 0 Å². The lowest BCUT2D eigenvalue weighted by Gasteiger charge is -2.52. The lowest BCUT2D eigenvalue weighted by molar-refractivity contribution is -0.155. The number of sulfonamides is 1. The number of carbonyl (C=O) groups excluding carboxylic acids is 1. The third-order valence-electron chi connectivity index (χ3n) is 7.60. The van der Waals surface area contributed by atoms with E-state index in [1.807, 2.05) is 54.3 Å². The van der Waals surface area contributed by atoms with Crippen molar-refractivity contribution in [3.05, 3.63) is 82.4 Å². The average molecular weight is 550 g/mol. The van der Waals surface area contributed by atoms with Crippen LogP contribution in [0.1, 0.15) is 62.6 Å². The molecule has 2 aliphatic rings. The highest BCUT2D eigenvalue weighted by molar-refractivity contribution is 7.89. The molecule has 194 valence electrons. The highest BCUT2D eigenvalue weighted by Gasteiger charge is 2.53. The molecule has 4 rings (SSSR count). The number of halogens is 2. The average Bonchev–Trinajstić information content (AvgIpc) is 3.68. The van der Waals surface area contributed by atoms with Crippen LogP contribution in [-0.4, -0.2) is 37.6 Å². The summed E-state index contributed by atoms with van der Waals surface area (Å²) < 4.78 is 27.6. The van der Waals surface area contributed by atoms with Crippen molar-refractivity contribution in [1.82, 2.24) is 9.62 Å². The summed E-state index contributed by atoms with van der Waals surface area (Å²) in [4.78, 5) is 16.3. The smallest absolute Gasteiger partial charge is 0.229 e. The van der Waals surface area contributed by atoms with Crippen LogP contribution in [0.4, 0.5) is 0 Å². The second-order valence-electron chi connectivity index (χ2n) is 10.3. The second-order valence-corrected chi connectivity index (χ2v) is 13.3. The maximum Gasteiger partial charge on any atom is 0.229 e. The van der Waals surface area contributed by atoms with Gasteiger partial charge in [-0.15, -0.1) is 6.58 Å². The van der Waals surface area contributed by atoms with Gasteiger partial charge in [-0.2, -0.15) is 0 Å². The number of nitrogens with zero attached hydrogens (tertiary/aromatic N) is 1. The number of amides is 1. The number of rotatable bonds is 10. The molecule has 1 heterocycles. The lowest BCUT2D eigenvalue weighted by Crippen LogP contribution is -2.58. The number of hydrogen-bond donors (Lipinski definition) is 1. The topological polar surface area (TPSA) is 66.5 Å². The molecule has 36 heavy (non-hydrogen) atoms. The quantitative estimate of drug-likeness (QED) is 0.351. The van der Waals surface area contributed by atoms with Gasteiger partial charge in [0, 0.05) is 28.5 Å². The summed E-state index contributed by atoms with van der Waals surface area (Å²) in [5, 5.41) is 1.27. The molecular formula is C28H34Cl2N2O3S. The summed E-state index contributed by atoms with van der Waals surface area (Å²) >= 11 is 12.7. The Hall–Kier alpha value is -1.86. The molecule has 8 heteroatoms. The van der Waals surface area contributed by atoms with E-state index in [2.05, 4.69) is 17.4 Å². The number of hydrogen-bond acceptors (Lipinski definition) is 3. The summed E-state index contributed by atoms with van der Waals surface area (Å²) in [5.41, 5.74) is 1.36. The van der Waals surface area contributed by atoms with Crippen LogP contribution in [0.15, 0.2) is 61.2 Å². The van der Waals surface area contributed by atoms with Crippen LogP contribution in [0, 0.1) is 11.3 Å². The molecule has 2 aromatic carbocycles. The van der Waals surface area contributed by atoms with Gasteiger partial charge in [-0.1, -0.05) is 60.5 Å². The minimum Gasteiger partial charge on any atom is -0.330 e. The Morgan fingerprint density at radius 3 is 2.42 bits per heavy atom. The van der Waals surface area contributed by atoms with E-state index in [0.717, 1.165) is 24.0 Å². The normalized spacial score (nSPS) is 25.6. The molecule has 0 aromatic heterocycles. The van der Waals surface area contributed by atoms with Crippen LogP contribution in [0.3, 0.4) is 0 Å². The summed E-state index contributed by atoms with van der Waals surface area (Å²) in [6.45, 7) is 7.75. The van der Waals surface area contributed by atoms with Crippen molar-refractivity contribution in [1.29, 1.82) is 0 Å². The number of carbonyl (C=O) groups is 1. The fourth-order valence-corrected chi connectivity index (χ4v) is 6.49. The molecule has 1 N–H and O–H groups in total. The summed E-state index contributed by atoms with van der Waals surface area (Å²) in [6.07, 6.45) is 4.90. The number of likely N-dealkylation sites (tertiary alicyclic amines) is 1. The summed E-state index contributed by atoms with van der Waals surface area (Å²) in [6, 6.07) is 14.9. The monoisotopic (exact) mass is 548 g/mol. The standard InChI is InChI=1S/C28H34Cl2N2O3S/c1-4-15-28(3)17-24(21-7-6-8-23(30)16-21)26(20-11-13-22(29)14-12-20)32(27(28)33)25(19-9-10-19)18-31-36(34,35)5-2/h4,6-8,11-14,16,19,24-26,31H,1,5,9-10,15,17-18H2,2-3H3/t24-,25-,26-,28+/m1/s1. The van der Waals surface area contributed by atoms with Gasteiger partial charge < -0.3 is 4.90 Å². The van der Waals surface area contributed by atoms with Crippen LogP contribution >= 0.6 is 23.2 Å². The third kappa shape index (κ3) is 5.83. The largest absolute Gasteiger partial charge is 0.330 e. The van der Waals surface area contributed by atoms with Crippen molar-refractivity contribution in [2.24, 2.45) is 11.3 Å². The molecule has 0 radical (unpaired) electrons. The molecular weight excluding hydrogens is 515 g/mol. The van der Waals surface area contributed by atoms with Crippen LogP contribution in [0.5, 0.6) is 0 Å². The van der Waals surface area contributed by atoms with Crippen molar-refractivity contribution in [2.75, 3.05) is 12.3 Å². The third-order valence-corrected chi connectivity index (χ3v) is 9.45. The van der Waals surface area contributed by atoms with Crippen LogP contribution in [0.25, 0.3) is 0 Å². The van der Waals surface area contributed by atoms with Gasteiger partial charge in [0.05, 0.1) is 17.2 Å². The van der Waals surface area contributed by atoms with E-state index in [1.54, 1.807) is 13.0 Å². The van der Waals surface area contributed by atoms with Gasteiger partial charge in [-0.25, -0.2) is 13.1 Å². The predicted molar refractivity (Wildman–Crippen MR) is 147 cm³/mol. The first-order valence-electron chi connectivity index (χ1n) is 12.5. The minimum atomic E-state index is -3.41. The molecule has 2 fully saturated rings. The second kappa shape index (κ2) is 10.9. The van der Waals surface area contributed by atoms with E-state index in [1.165, 1.54) is 0 Å². The zero-order valence-electron chi connectivity index (χ0n) is 20.8. The number of allylic oxidation sites excluding steroid dienone is 1. The fourth-order valence-electron chi connectivity index (χ4n) is 5.54. The molecule has 1 amide bonds. The molecule has 0 unspecified atom stereocenters. The molecule has 4 atom stereocenters. The molecule has 1 aliphatic carbocycles. The summed E-state index contributed by atoms with van der Waals surface area (Å²) in [5.74, 6) is 0.234.